The lowest BCUT2D eigenvalue weighted by Crippen LogP contribution is -2.30. The van der Waals surface area contributed by atoms with Crippen LogP contribution in [0, 0.1) is 0 Å². The number of rotatable bonds is 3. The second kappa shape index (κ2) is 5.97. The first-order valence-corrected chi connectivity index (χ1v) is 9.10. The molecule has 0 radical (unpaired) electrons. The lowest BCUT2D eigenvalue weighted by atomic mass is 9.99. The van der Waals surface area contributed by atoms with Crippen molar-refractivity contribution < 1.29 is 0 Å². The fourth-order valence-corrected chi connectivity index (χ4v) is 4.79. The number of thioether (sulfide) groups is 1. The molecule has 2 fully saturated rings. The van der Waals surface area contributed by atoms with Gasteiger partial charge in [0.05, 0.1) is 0 Å². The number of nitrogens with zero attached hydrogens (tertiary/aromatic N) is 3. The Morgan fingerprint density at radius 3 is 3.14 bits per heavy atom. The first-order valence-electron chi connectivity index (χ1n) is 8.05. The SMILES string of the molecule is c1cnc2c(c1)nc(C1CCCNC1)n2CC1CCCS1. The van der Waals surface area contributed by atoms with Gasteiger partial charge in [-0.3, -0.25) is 0 Å². The van der Waals surface area contributed by atoms with Gasteiger partial charge in [-0.2, -0.15) is 11.8 Å². The molecule has 0 saturated carbocycles. The van der Waals surface area contributed by atoms with Gasteiger partial charge < -0.3 is 9.88 Å². The zero-order chi connectivity index (χ0) is 14.1. The molecule has 0 aromatic carbocycles. The zero-order valence-corrected chi connectivity index (χ0v) is 13.1. The molecule has 2 aliphatic heterocycles. The molecule has 4 rings (SSSR count). The number of nitrogens with one attached hydrogen (secondary N) is 1. The number of fused-ring (bicyclic) bond motifs is 1. The van der Waals surface area contributed by atoms with Crippen LogP contribution in [0.2, 0.25) is 0 Å². The van der Waals surface area contributed by atoms with E-state index in [9.17, 15) is 0 Å². The van der Waals surface area contributed by atoms with Crippen LogP contribution in [0.25, 0.3) is 11.2 Å². The Bertz CT molecular complexity index is 612. The van der Waals surface area contributed by atoms with Crippen LogP contribution in [0.3, 0.4) is 0 Å². The summed E-state index contributed by atoms with van der Waals surface area (Å²) in [7, 11) is 0. The third-order valence-electron chi connectivity index (χ3n) is 4.61. The lowest BCUT2D eigenvalue weighted by Gasteiger charge is -2.24. The Morgan fingerprint density at radius 2 is 2.33 bits per heavy atom. The van der Waals surface area contributed by atoms with Gasteiger partial charge in [-0.1, -0.05) is 0 Å². The first kappa shape index (κ1) is 13.6. The molecule has 5 heteroatoms. The molecule has 2 aromatic rings. The topological polar surface area (TPSA) is 42.7 Å². The van der Waals surface area contributed by atoms with Crippen LogP contribution >= 0.6 is 11.8 Å². The van der Waals surface area contributed by atoms with Gasteiger partial charge in [-0.15, -0.1) is 0 Å². The molecular weight excluding hydrogens is 280 g/mol. The number of pyridine rings is 1. The monoisotopic (exact) mass is 302 g/mol. The molecular formula is C16H22N4S. The molecule has 0 amide bonds. The molecule has 2 aliphatic rings. The Kier molecular flexibility index (Phi) is 3.86. The summed E-state index contributed by atoms with van der Waals surface area (Å²) in [6.45, 7) is 3.28. The normalized spacial score (nSPS) is 26.5. The highest BCUT2D eigenvalue weighted by Gasteiger charge is 2.25. The highest BCUT2D eigenvalue weighted by molar-refractivity contribution is 8.00. The summed E-state index contributed by atoms with van der Waals surface area (Å²) in [5, 5.41) is 4.26. The second-order valence-electron chi connectivity index (χ2n) is 6.11. The average molecular weight is 302 g/mol. The summed E-state index contributed by atoms with van der Waals surface area (Å²) in [4.78, 5) is 9.54. The largest absolute Gasteiger partial charge is 0.316 e. The first-order chi connectivity index (χ1) is 10.4. The van der Waals surface area contributed by atoms with E-state index < -0.39 is 0 Å². The number of aromatic nitrogens is 3. The average Bonchev–Trinajstić information content (AvgIpc) is 3.17. The number of hydrogen-bond donors (Lipinski definition) is 1. The van der Waals surface area contributed by atoms with E-state index in [1.807, 2.05) is 12.3 Å². The van der Waals surface area contributed by atoms with E-state index in [0.717, 1.165) is 36.0 Å². The molecule has 2 unspecified atom stereocenters. The molecule has 2 saturated heterocycles. The number of piperidine rings is 1. The van der Waals surface area contributed by atoms with Crippen molar-refractivity contribution in [2.75, 3.05) is 18.8 Å². The van der Waals surface area contributed by atoms with Crippen molar-refractivity contribution in [1.29, 1.82) is 0 Å². The van der Waals surface area contributed by atoms with Crippen molar-refractivity contribution in [2.24, 2.45) is 0 Å². The van der Waals surface area contributed by atoms with Crippen molar-refractivity contribution in [3.63, 3.8) is 0 Å². The molecule has 112 valence electrons. The smallest absolute Gasteiger partial charge is 0.160 e. The molecule has 0 spiro atoms. The fourth-order valence-electron chi connectivity index (χ4n) is 3.53. The van der Waals surface area contributed by atoms with Crippen LogP contribution in [-0.2, 0) is 6.54 Å². The van der Waals surface area contributed by atoms with E-state index in [0.29, 0.717) is 5.92 Å². The summed E-state index contributed by atoms with van der Waals surface area (Å²) in [5.74, 6) is 3.10. The van der Waals surface area contributed by atoms with E-state index in [1.54, 1.807) is 0 Å². The van der Waals surface area contributed by atoms with E-state index in [4.69, 9.17) is 4.98 Å². The standard InChI is InChI=1S/C16H22N4S/c1-4-12(10-17-7-1)15-19-14-6-2-8-18-16(14)20(15)11-13-5-3-9-21-13/h2,6,8,12-13,17H,1,3-5,7,9-11H2. The molecule has 2 atom stereocenters. The van der Waals surface area contributed by atoms with Crippen LogP contribution < -0.4 is 5.32 Å². The van der Waals surface area contributed by atoms with Gasteiger partial charge in [0.15, 0.2) is 5.65 Å². The van der Waals surface area contributed by atoms with Crippen LogP contribution in [0.1, 0.15) is 37.4 Å². The molecule has 4 nitrogen and oxygen atoms in total. The Labute approximate surface area is 129 Å². The highest BCUT2D eigenvalue weighted by Crippen LogP contribution is 2.31. The minimum Gasteiger partial charge on any atom is -0.316 e. The van der Waals surface area contributed by atoms with Crippen LogP contribution in [-0.4, -0.2) is 38.6 Å². The van der Waals surface area contributed by atoms with E-state index in [2.05, 4.69) is 32.7 Å². The minimum absolute atomic E-state index is 0.541. The van der Waals surface area contributed by atoms with Gasteiger partial charge in [0.2, 0.25) is 0 Å². The van der Waals surface area contributed by atoms with Crippen LogP contribution in [0.15, 0.2) is 18.3 Å². The molecule has 2 aromatic heterocycles. The van der Waals surface area contributed by atoms with Gasteiger partial charge in [0, 0.05) is 30.5 Å². The quantitative estimate of drug-likeness (QED) is 0.947. The summed E-state index contributed by atoms with van der Waals surface area (Å²) in [6.07, 6.45) is 7.08. The Morgan fingerprint density at radius 1 is 1.33 bits per heavy atom. The van der Waals surface area contributed by atoms with Crippen LogP contribution in [0.5, 0.6) is 0 Å². The van der Waals surface area contributed by atoms with Crippen molar-refractivity contribution in [1.82, 2.24) is 19.9 Å². The molecule has 0 bridgehead atoms. The minimum atomic E-state index is 0.541. The highest BCUT2D eigenvalue weighted by atomic mass is 32.2. The molecule has 0 aliphatic carbocycles. The lowest BCUT2D eigenvalue weighted by molar-refractivity contribution is 0.432. The molecule has 4 heterocycles. The van der Waals surface area contributed by atoms with Crippen molar-refractivity contribution >= 4 is 22.9 Å². The van der Waals surface area contributed by atoms with Crippen molar-refractivity contribution in [3.05, 3.63) is 24.2 Å². The second-order valence-corrected chi connectivity index (χ2v) is 7.51. The van der Waals surface area contributed by atoms with Crippen molar-refractivity contribution in [2.45, 2.75) is 43.4 Å². The number of imidazole rings is 1. The predicted octanol–water partition coefficient (Wildman–Crippen LogP) is 2.79. The van der Waals surface area contributed by atoms with Gasteiger partial charge >= 0.3 is 0 Å². The Balaban J connectivity index is 1.72. The maximum atomic E-state index is 4.93. The molecule has 21 heavy (non-hydrogen) atoms. The van der Waals surface area contributed by atoms with E-state index in [1.165, 1.54) is 37.3 Å². The predicted molar refractivity (Wildman–Crippen MR) is 87.9 cm³/mol. The number of hydrogen-bond acceptors (Lipinski definition) is 4. The fraction of sp³-hybridized carbons (Fsp3) is 0.625. The zero-order valence-electron chi connectivity index (χ0n) is 12.3. The summed E-state index contributed by atoms with van der Waals surface area (Å²) in [5.41, 5.74) is 2.13. The van der Waals surface area contributed by atoms with Gasteiger partial charge in [0.1, 0.15) is 11.3 Å². The van der Waals surface area contributed by atoms with E-state index >= 15 is 0 Å². The van der Waals surface area contributed by atoms with Gasteiger partial charge in [0.25, 0.3) is 0 Å². The summed E-state index contributed by atoms with van der Waals surface area (Å²) >= 11 is 2.11. The van der Waals surface area contributed by atoms with Crippen molar-refractivity contribution in [3.8, 4) is 0 Å². The van der Waals surface area contributed by atoms with Gasteiger partial charge in [-0.25, -0.2) is 9.97 Å². The summed E-state index contributed by atoms with van der Waals surface area (Å²) < 4.78 is 2.41. The third kappa shape index (κ3) is 2.69. The summed E-state index contributed by atoms with van der Waals surface area (Å²) in [6, 6.07) is 4.09. The third-order valence-corrected chi connectivity index (χ3v) is 5.99. The maximum Gasteiger partial charge on any atom is 0.160 e. The maximum absolute atomic E-state index is 4.93. The van der Waals surface area contributed by atoms with Gasteiger partial charge in [-0.05, 0) is 50.1 Å². The van der Waals surface area contributed by atoms with E-state index in [-0.39, 0.29) is 0 Å². The Hall–Kier alpha value is -1.07. The molecule has 1 N–H and O–H groups in total. The van der Waals surface area contributed by atoms with Crippen LogP contribution in [0.4, 0.5) is 0 Å².